The molecule has 4 nitrogen and oxygen atoms in total. The Morgan fingerprint density at radius 1 is 1.30 bits per heavy atom. The smallest absolute Gasteiger partial charge is 0.243 e. The Bertz CT molecular complexity index is 436. The third-order valence-electron chi connectivity index (χ3n) is 3.96. The highest BCUT2D eigenvalue weighted by Crippen LogP contribution is 2.27. The number of nitrogens with zero attached hydrogens (tertiary/aromatic N) is 1. The quantitative estimate of drug-likeness (QED) is 0.865. The van der Waals surface area contributed by atoms with Crippen molar-refractivity contribution >= 4 is 11.6 Å². The van der Waals surface area contributed by atoms with Crippen molar-refractivity contribution in [3.05, 3.63) is 30.3 Å². The van der Waals surface area contributed by atoms with E-state index >= 15 is 0 Å². The molecule has 1 fully saturated rings. The summed E-state index contributed by atoms with van der Waals surface area (Å²) in [5, 5.41) is 3.37. The number of piperidine rings is 1. The lowest BCUT2D eigenvalue weighted by Gasteiger charge is -2.41. The summed E-state index contributed by atoms with van der Waals surface area (Å²) in [7, 11) is 0. The fourth-order valence-electron chi connectivity index (χ4n) is 2.86. The van der Waals surface area contributed by atoms with E-state index in [0.29, 0.717) is 5.92 Å². The van der Waals surface area contributed by atoms with Gasteiger partial charge in [-0.1, -0.05) is 32.0 Å². The third kappa shape index (κ3) is 3.51. The minimum Gasteiger partial charge on any atom is -0.371 e. The molecule has 110 valence electrons. The van der Waals surface area contributed by atoms with Gasteiger partial charge in [-0.15, -0.1) is 0 Å². The predicted molar refractivity (Wildman–Crippen MR) is 82.5 cm³/mol. The molecule has 1 amide bonds. The van der Waals surface area contributed by atoms with Crippen LogP contribution < -0.4 is 11.1 Å². The van der Waals surface area contributed by atoms with Crippen LogP contribution in [0.2, 0.25) is 0 Å². The maximum Gasteiger partial charge on any atom is 0.243 e. The molecule has 0 aliphatic carbocycles. The number of hydrogen-bond donors (Lipinski definition) is 2. The maximum atomic E-state index is 12.0. The van der Waals surface area contributed by atoms with Gasteiger partial charge in [0.1, 0.15) is 5.54 Å². The Hall–Kier alpha value is -1.55. The molecule has 1 aromatic carbocycles. The molecule has 3 N–H and O–H groups in total. The van der Waals surface area contributed by atoms with Crippen LogP contribution in [0.25, 0.3) is 0 Å². The number of carbonyl (C=O) groups is 1. The molecule has 1 heterocycles. The van der Waals surface area contributed by atoms with E-state index in [1.165, 1.54) is 0 Å². The summed E-state index contributed by atoms with van der Waals surface area (Å²) in [6.07, 6.45) is 1.54. The highest BCUT2D eigenvalue weighted by Gasteiger charge is 2.39. The van der Waals surface area contributed by atoms with Gasteiger partial charge in [0.15, 0.2) is 0 Å². The van der Waals surface area contributed by atoms with Crippen molar-refractivity contribution < 1.29 is 4.79 Å². The minimum atomic E-state index is -0.602. The Kier molecular flexibility index (Phi) is 4.65. The fourth-order valence-corrected chi connectivity index (χ4v) is 2.86. The Morgan fingerprint density at radius 3 is 2.40 bits per heavy atom. The molecule has 0 unspecified atom stereocenters. The number of anilines is 1. The van der Waals surface area contributed by atoms with Crippen LogP contribution in [0, 0.1) is 5.92 Å². The summed E-state index contributed by atoms with van der Waals surface area (Å²) in [4.78, 5) is 14.4. The van der Waals surface area contributed by atoms with Crippen molar-refractivity contribution in [2.45, 2.75) is 32.2 Å². The lowest BCUT2D eigenvalue weighted by molar-refractivity contribution is -0.123. The van der Waals surface area contributed by atoms with Gasteiger partial charge in [0, 0.05) is 25.3 Å². The Labute approximate surface area is 121 Å². The second-order valence-electron chi connectivity index (χ2n) is 6.13. The largest absolute Gasteiger partial charge is 0.371 e. The van der Waals surface area contributed by atoms with Crippen molar-refractivity contribution in [3.8, 4) is 0 Å². The van der Waals surface area contributed by atoms with Crippen LogP contribution in [0.15, 0.2) is 30.3 Å². The van der Waals surface area contributed by atoms with E-state index in [4.69, 9.17) is 5.73 Å². The van der Waals surface area contributed by atoms with Crippen LogP contribution in [-0.2, 0) is 4.79 Å². The Balaban J connectivity index is 2.04. The van der Waals surface area contributed by atoms with Gasteiger partial charge in [-0.2, -0.15) is 0 Å². The van der Waals surface area contributed by atoms with E-state index in [9.17, 15) is 4.79 Å². The number of para-hydroxylation sites is 1. The van der Waals surface area contributed by atoms with Gasteiger partial charge in [-0.05, 0) is 30.9 Å². The second-order valence-corrected chi connectivity index (χ2v) is 6.13. The number of nitrogens with one attached hydrogen (secondary N) is 1. The average Bonchev–Trinajstić information content (AvgIpc) is 2.41. The molecule has 1 saturated heterocycles. The van der Waals surface area contributed by atoms with Crippen LogP contribution in [0.3, 0.4) is 0 Å². The van der Waals surface area contributed by atoms with Crippen molar-refractivity contribution in [1.29, 1.82) is 0 Å². The zero-order valence-electron chi connectivity index (χ0n) is 12.4. The predicted octanol–water partition coefficient (Wildman–Crippen LogP) is 2.07. The first-order valence-corrected chi connectivity index (χ1v) is 7.37. The molecule has 2 rings (SSSR count). The lowest BCUT2D eigenvalue weighted by atomic mass is 9.86. The molecule has 0 saturated carbocycles. The normalized spacial score (nSPS) is 18.9. The van der Waals surface area contributed by atoms with Gasteiger partial charge < -0.3 is 16.0 Å². The van der Waals surface area contributed by atoms with Gasteiger partial charge in [0.2, 0.25) is 5.91 Å². The highest BCUT2D eigenvalue weighted by molar-refractivity contribution is 5.88. The number of nitrogens with two attached hydrogens (primary N) is 1. The van der Waals surface area contributed by atoms with Crippen LogP contribution in [0.4, 0.5) is 5.69 Å². The first-order chi connectivity index (χ1) is 9.52. The third-order valence-corrected chi connectivity index (χ3v) is 3.96. The maximum absolute atomic E-state index is 12.0. The van der Waals surface area contributed by atoms with Gasteiger partial charge in [-0.3, -0.25) is 4.79 Å². The molecule has 0 aromatic heterocycles. The molecule has 1 aromatic rings. The summed E-state index contributed by atoms with van der Waals surface area (Å²) in [5.41, 5.74) is 6.04. The van der Waals surface area contributed by atoms with Gasteiger partial charge in [0.05, 0.1) is 0 Å². The summed E-state index contributed by atoms with van der Waals surface area (Å²) in [6, 6.07) is 9.85. The van der Waals surface area contributed by atoms with Crippen molar-refractivity contribution in [3.63, 3.8) is 0 Å². The summed E-state index contributed by atoms with van der Waals surface area (Å²) in [5.74, 6) is 0.406. The van der Waals surface area contributed by atoms with Crippen LogP contribution in [-0.4, -0.2) is 36.0 Å². The average molecular weight is 275 g/mol. The number of benzene rings is 1. The van der Waals surface area contributed by atoms with E-state index in [1.54, 1.807) is 0 Å². The summed E-state index contributed by atoms with van der Waals surface area (Å²) in [6.45, 7) is 7.36. The fraction of sp³-hybridized carbons (Fsp3) is 0.562. The SMILES string of the molecule is CC(C)CN1CCC(Nc2ccccc2)(C(N)=O)CC1. The second kappa shape index (κ2) is 6.27. The molecule has 0 radical (unpaired) electrons. The first-order valence-electron chi connectivity index (χ1n) is 7.37. The van der Waals surface area contributed by atoms with Gasteiger partial charge in [-0.25, -0.2) is 0 Å². The number of hydrogen-bond acceptors (Lipinski definition) is 3. The zero-order valence-corrected chi connectivity index (χ0v) is 12.4. The van der Waals surface area contributed by atoms with E-state index in [1.807, 2.05) is 30.3 Å². The monoisotopic (exact) mass is 275 g/mol. The van der Waals surface area contributed by atoms with Crippen molar-refractivity contribution in [1.82, 2.24) is 4.90 Å². The minimum absolute atomic E-state index is 0.245. The molecule has 4 heteroatoms. The standard InChI is InChI=1S/C16H25N3O/c1-13(2)12-19-10-8-16(9-11-19,15(17)20)18-14-6-4-3-5-7-14/h3-7,13,18H,8-12H2,1-2H3,(H2,17,20). The first kappa shape index (κ1) is 14.9. The van der Waals surface area contributed by atoms with E-state index in [-0.39, 0.29) is 5.91 Å². The van der Waals surface area contributed by atoms with Crippen LogP contribution in [0.5, 0.6) is 0 Å². The summed E-state index contributed by atoms with van der Waals surface area (Å²) >= 11 is 0. The number of carbonyl (C=O) groups excluding carboxylic acids is 1. The molecular formula is C16H25N3O. The molecular weight excluding hydrogens is 250 g/mol. The van der Waals surface area contributed by atoms with Crippen molar-refractivity contribution in [2.75, 3.05) is 25.0 Å². The number of likely N-dealkylation sites (tertiary alicyclic amines) is 1. The van der Waals surface area contributed by atoms with Gasteiger partial charge >= 0.3 is 0 Å². The summed E-state index contributed by atoms with van der Waals surface area (Å²) < 4.78 is 0. The number of rotatable bonds is 5. The molecule has 1 aliphatic rings. The van der Waals surface area contributed by atoms with E-state index in [0.717, 1.165) is 38.2 Å². The zero-order chi connectivity index (χ0) is 14.6. The Morgan fingerprint density at radius 2 is 1.90 bits per heavy atom. The molecule has 0 atom stereocenters. The molecule has 1 aliphatic heterocycles. The van der Waals surface area contributed by atoms with Gasteiger partial charge in [0.25, 0.3) is 0 Å². The molecule has 20 heavy (non-hydrogen) atoms. The number of amides is 1. The lowest BCUT2D eigenvalue weighted by Crippen LogP contribution is -2.57. The molecule has 0 bridgehead atoms. The number of primary amides is 1. The topological polar surface area (TPSA) is 58.4 Å². The molecule has 0 spiro atoms. The van der Waals surface area contributed by atoms with Crippen LogP contribution in [0.1, 0.15) is 26.7 Å². The van der Waals surface area contributed by atoms with Crippen LogP contribution >= 0.6 is 0 Å². The van der Waals surface area contributed by atoms with E-state index in [2.05, 4.69) is 24.1 Å². The van der Waals surface area contributed by atoms with Crippen molar-refractivity contribution in [2.24, 2.45) is 11.7 Å². The van der Waals surface area contributed by atoms with E-state index < -0.39 is 5.54 Å². The highest BCUT2D eigenvalue weighted by atomic mass is 16.1.